The van der Waals surface area contributed by atoms with Crippen molar-refractivity contribution in [1.82, 2.24) is 14.7 Å². The monoisotopic (exact) mass is 236 g/mol. The van der Waals surface area contributed by atoms with Crippen LogP contribution in [0.15, 0.2) is 6.20 Å². The van der Waals surface area contributed by atoms with E-state index in [0.29, 0.717) is 24.0 Å². The first-order chi connectivity index (χ1) is 8.15. The molecule has 0 saturated carbocycles. The van der Waals surface area contributed by atoms with Gasteiger partial charge < -0.3 is 10.6 Å². The van der Waals surface area contributed by atoms with Gasteiger partial charge in [-0.25, -0.2) is 4.68 Å². The number of amides is 1. The summed E-state index contributed by atoms with van der Waals surface area (Å²) in [6, 6.07) is 0.306. The van der Waals surface area contributed by atoms with Crippen molar-refractivity contribution < 1.29 is 4.79 Å². The van der Waals surface area contributed by atoms with Crippen molar-refractivity contribution in [3.8, 4) is 0 Å². The lowest BCUT2D eigenvalue weighted by Crippen LogP contribution is -2.42. The molecule has 0 radical (unpaired) electrons. The van der Waals surface area contributed by atoms with Crippen molar-refractivity contribution in [3.05, 3.63) is 11.8 Å². The minimum atomic E-state index is 0.0226. The third-order valence-electron chi connectivity index (χ3n) is 3.47. The van der Waals surface area contributed by atoms with Crippen molar-refractivity contribution in [3.63, 3.8) is 0 Å². The number of piperidine rings is 1. The Morgan fingerprint density at radius 2 is 2.35 bits per heavy atom. The molecule has 0 spiro atoms. The van der Waals surface area contributed by atoms with Gasteiger partial charge in [-0.2, -0.15) is 5.10 Å². The quantitative estimate of drug-likeness (QED) is 0.846. The zero-order valence-corrected chi connectivity index (χ0v) is 10.5. The van der Waals surface area contributed by atoms with Crippen LogP contribution in [0.5, 0.6) is 0 Å². The van der Waals surface area contributed by atoms with E-state index in [-0.39, 0.29) is 5.91 Å². The third-order valence-corrected chi connectivity index (χ3v) is 3.47. The summed E-state index contributed by atoms with van der Waals surface area (Å²) in [5.41, 5.74) is 6.46. The van der Waals surface area contributed by atoms with Crippen molar-refractivity contribution in [1.29, 1.82) is 0 Å². The number of nitrogen functional groups attached to an aromatic ring is 1. The van der Waals surface area contributed by atoms with Gasteiger partial charge in [-0.1, -0.05) is 0 Å². The summed E-state index contributed by atoms with van der Waals surface area (Å²) in [7, 11) is 0. The van der Waals surface area contributed by atoms with Crippen LogP contribution in [-0.2, 0) is 6.54 Å². The number of hydrogen-bond acceptors (Lipinski definition) is 3. The van der Waals surface area contributed by atoms with Gasteiger partial charge in [-0.15, -0.1) is 0 Å². The van der Waals surface area contributed by atoms with Crippen LogP contribution >= 0.6 is 0 Å². The smallest absolute Gasteiger partial charge is 0.259 e. The Hall–Kier alpha value is -1.52. The molecule has 2 rings (SSSR count). The lowest BCUT2D eigenvalue weighted by Gasteiger charge is -2.33. The SMILES string of the molecule is CCn1ncc(C(=O)N2CCCCC2C)c1N. The van der Waals surface area contributed by atoms with E-state index >= 15 is 0 Å². The molecule has 1 aliphatic rings. The second-order valence-electron chi connectivity index (χ2n) is 4.60. The first-order valence-electron chi connectivity index (χ1n) is 6.27. The Kier molecular flexibility index (Phi) is 3.36. The van der Waals surface area contributed by atoms with Crippen LogP contribution in [0, 0.1) is 0 Å². The molecule has 1 fully saturated rings. The van der Waals surface area contributed by atoms with E-state index in [1.54, 1.807) is 10.9 Å². The number of likely N-dealkylation sites (tertiary alicyclic amines) is 1. The number of nitrogens with zero attached hydrogens (tertiary/aromatic N) is 3. The molecule has 1 aromatic rings. The van der Waals surface area contributed by atoms with Crippen LogP contribution in [0.4, 0.5) is 5.82 Å². The molecule has 1 aliphatic heterocycles. The zero-order chi connectivity index (χ0) is 12.4. The summed E-state index contributed by atoms with van der Waals surface area (Å²) in [4.78, 5) is 14.3. The second-order valence-corrected chi connectivity index (χ2v) is 4.60. The van der Waals surface area contributed by atoms with E-state index in [1.807, 2.05) is 11.8 Å². The molecule has 5 nitrogen and oxygen atoms in total. The molecule has 0 bridgehead atoms. The van der Waals surface area contributed by atoms with Gasteiger partial charge in [-0.05, 0) is 33.1 Å². The predicted molar refractivity (Wildman–Crippen MR) is 66.7 cm³/mol. The summed E-state index contributed by atoms with van der Waals surface area (Å²) >= 11 is 0. The number of rotatable bonds is 2. The maximum atomic E-state index is 12.4. The maximum absolute atomic E-state index is 12.4. The Bertz CT molecular complexity index is 413. The topological polar surface area (TPSA) is 64.2 Å². The summed E-state index contributed by atoms with van der Waals surface area (Å²) in [5.74, 6) is 0.504. The molecular formula is C12H20N4O. The first kappa shape index (κ1) is 12.0. The number of carbonyl (C=O) groups excluding carboxylic acids is 1. The minimum Gasteiger partial charge on any atom is -0.383 e. The van der Waals surface area contributed by atoms with Crippen molar-refractivity contribution in [2.24, 2.45) is 0 Å². The summed E-state index contributed by atoms with van der Waals surface area (Å²) in [6.45, 7) is 5.57. The molecule has 2 N–H and O–H groups in total. The number of hydrogen-bond donors (Lipinski definition) is 1. The first-order valence-corrected chi connectivity index (χ1v) is 6.27. The van der Waals surface area contributed by atoms with Gasteiger partial charge in [-0.3, -0.25) is 4.79 Å². The van der Waals surface area contributed by atoms with Gasteiger partial charge in [0.05, 0.1) is 6.20 Å². The standard InChI is InChI=1S/C12H20N4O/c1-3-16-11(13)10(8-14-16)12(17)15-7-5-4-6-9(15)2/h8-9H,3-7,13H2,1-2H3. The fourth-order valence-electron chi connectivity index (χ4n) is 2.37. The molecule has 1 saturated heterocycles. The molecule has 0 aromatic carbocycles. The molecule has 0 aliphatic carbocycles. The van der Waals surface area contributed by atoms with E-state index in [4.69, 9.17) is 5.73 Å². The average Bonchev–Trinajstić information content (AvgIpc) is 2.70. The van der Waals surface area contributed by atoms with Crippen LogP contribution in [0.1, 0.15) is 43.5 Å². The van der Waals surface area contributed by atoms with Crippen LogP contribution in [0.2, 0.25) is 0 Å². The van der Waals surface area contributed by atoms with Crippen molar-refractivity contribution in [2.75, 3.05) is 12.3 Å². The maximum Gasteiger partial charge on any atom is 0.259 e. The van der Waals surface area contributed by atoms with Crippen molar-refractivity contribution >= 4 is 11.7 Å². The highest BCUT2D eigenvalue weighted by Gasteiger charge is 2.26. The molecular weight excluding hydrogens is 216 g/mol. The fourth-order valence-corrected chi connectivity index (χ4v) is 2.37. The third kappa shape index (κ3) is 2.14. The average molecular weight is 236 g/mol. The largest absolute Gasteiger partial charge is 0.383 e. The zero-order valence-electron chi connectivity index (χ0n) is 10.5. The van der Waals surface area contributed by atoms with Crippen molar-refractivity contribution in [2.45, 2.75) is 45.7 Å². The van der Waals surface area contributed by atoms with E-state index < -0.39 is 0 Å². The lowest BCUT2D eigenvalue weighted by molar-refractivity contribution is 0.0636. The van der Waals surface area contributed by atoms with Gasteiger partial charge >= 0.3 is 0 Å². The van der Waals surface area contributed by atoms with Gasteiger partial charge in [0, 0.05) is 19.1 Å². The molecule has 17 heavy (non-hydrogen) atoms. The minimum absolute atomic E-state index is 0.0226. The highest BCUT2D eigenvalue weighted by Crippen LogP contribution is 2.21. The van der Waals surface area contributed by atoms with E-state index in [9.17, 15) is 4.79 Å². The van der Waals surface area contributed by atoms with Crippen LogP contribution in [0.3, 0.4) is 0 Å². The molecule has 2 heterocycles. The van der Waals surface area contributed by atoms with E-state index in [1.165, 1.54) is 6.42 Å². The summed E-state index contributed by atoms with van der Waals surface area (Å²) < 4.78 is 1.65. The molecule has 5 heteroatoms. The Balaban J connectivity index is 2.21. The summed E-state index contributed by atoms with van der Waals surface area (Å²) in [5, 5.41) is 4.12. The fraction of sp³-hybridized carbons (Fsp3) is 0.667. The predicted octanol–water partition coefficient (Wildman–Crippen LogP) is 1.50. The van der Waals surface area contributed by atoms with E-state index in [0.717, 1.165) is 19.4 Å². The second kappa shape index (κ2) is 4.77. The van der Waals surface area contributed by atoms with Gasteiger partial charge in [0.15, 0.2) is 0 Å². The Morgan fingerprint density at radius 1 is 1.59 bits per heavy atom. The lowest BCUT2D eigenvalue weighted by atomic mass is 10.0. The van der Waals surface area contributed by atoms with Crippen LogP contribution in [-0.4, -0.2) is 33.2 Å². The van der Waals surface area contributed by atoms with Crippen LogP contribution < -0.4 is 5.73 Å². The molecule has 1 aromatic heterocycles. The Labute approximate surface area is 102 Å². The molecule has 1 atom stereocenters. The van der Waals surface area contributed by atoms with Gasteiger partial charge in [0.2, 0.25) is 0 Å². The summed E-state index contributed by atoms with van der Waals surface area (Å²) in [6.07, 6.45) is 4.95. The molecule has 94 valence electrons. The Morgan fingerprint density at radius 3 is 2.94 bits per heavy atom. The number of carbonyl (C=O) groups is 1. The molecule has 1 unspecified atom stereocenters. The number of anilines is 1. The number of nitrogens with two attached hydrogens (primary N) is 1. The highest BCUT2D eigenvalue weighted by molar-refractivity contribution is 5.98. The van der Waals surface area contributed by atoms with Gasteiger partial charge in [0.1, 0.15) is 11.4 Å². The number of aryl methyl sites for hydroxylation is 1. The van der Waals surface area contributed by atoms with Gasteiger partial charge in [0.25, 0.3) is 5.91 Å². The van der Waals surface area contributed by atoms with Crippen LogP contribution in [0.25, 0.3) is 0 Å². The van der Waals surface area contributed by atoms with E-state index in [2.05, 4.69) is 12.0 Å². The normalized spacial score (nSPS) is 20.6. The number of aromatic nitrogens is 2. The highest BCUT2D eigenvalue weighted by atomic mass is 16.2. The molecule has 1 amide bonds.